The zero-order chi connectivity index (χ0) is 10.2. The summed E-state index contributed by atoms with van der Waals surface area (Å²) in [7, 11) is 0. The molecule has 1 aromatic heterocycles. The molecule has 0 aliphatic heterocycles. The van der Waals surface area contributed by atoms with Crippen LogP contribution in [0.3, 0.4) is 0 Å². The van der Waals surface area contributed by atoms with Gasteiger partial charge in [-0.2, -0.15) is 0 Å². The van der Waals surface area contributed by atoms with E-state index in [4.69, 9.17) is 0 Å². The van der Waals surface area contributed by atoms with Gasteiger partial charge in [-0.25, -0.2) is 0 Å². The van der Waals surface area contributed by atoms with Crippen LogP contribution in [-0.4, -0.2) is 17.6 Å². The molecule has 0 atom stereocenters. The van der Waals surface area contributed by atoms with Crippen molar-refractivity contribution in [2.24, 2.45) is 0 Å². The normalized spacial score (nSPS) is 10.8. The Bertz CT molecular complexity index is 231. The lowest BCUT2D eigenvalue weighted by molar-refractivity contribution is 0.557. The summed E-state index contributed by atoms with van der Waals surface area (Å²) in [5.41, 5.74) is 1.39. The molecule has 0 aromatic carbocycles. The van der Waals surface area contributed by atoms with Crippen LogP contribution in [0, 0.1) is 0 Å². The highest BCUT2D eigenvalue weighted by atomic mass is 14.9. The Labute approximate surface area is 86.8 Å². The summed E-state index contributed by atoms with van der Waals surface area (Å²) in [6.07, 6.45) is 7.40. The average Bonchev–Trinajstić information content (AvgIpc) is 2.18. The Morgan fingerprint density at radius 1 is 1.21 bits per heavy atom. The van der Waals surface area contributed by atoms with Gasteiger partial charge >= 0.3 is 0 Å². The van der Waals surface area contributed by atoms with Crippen molar-refractivity contribution in [3.63, 3.8) is 0 Å². The lowest BCUT2D eigenvalue weighted by Crippen LogP contribution is -2.23. The van der Waals surface area contributed by atoms with E-state index in [2.05, 4.69) is 36.3 Å². The third-order valence-corrected chi connectivity index (χ3v) is 2.19. The fraction of sp³-hybridized carbons (Fsp3) is 0.583. The predicted molar refractivity (Wildman–Crippen MR) is 60.3 cm³/mol. The summed E-state index contributed by atoms with van der Waals surface area (Å²) in [4.78, 5) is 4.00. The molecule has 2 heteroatoms. The molecule has 1 rings (SSSR count). The molecule has 1 aromatic rings. The van der Waals surface area contributed by atoms with Crippen molar-refractivity contribution in [3.05, 3.63) is 30.1 Å². The zero-order valence-corrected chi connectivity index (χ0v) is 9.16. The maximum Gasteiger partial charge on any atom is 0.0270 e. The van der Waals surface area contributed by atoms with E-state index < -0.39 is 0 Å². The second-order valence-corrected chi connectivity index (χ2v) is 3.92. The second-order valence-electron chi connectivity index (χ2n) is 3.92. The molecule has 0 amide bonds. The van der Waals surface area contributed by atoms with Crippen LogP contribution >= 0.6 is 0 Å². The highest BCUT2D eigenvalue weighted by Crippen LogP contribution is 2.02. The maximum atomic E-state index is 4.00. The number of unbranched alkanes of at least 4 members (excludes halogenated alkanes) is 1. The summed E-state index contributed by atoms with van der Waals surface area (Å²) >= 11 is 0. The molecule has 1 N–H and O–H groups in total. The van der Waals surface area contributed by atoms with Gasteiger partial charge in [0.05, 0.1) is 0 Å². The van der Waals surface area contributed by atoms with E-state index in [9.17, 15) is 0 Å². The third-order valence-electron chi connectivity index (χ3n) is 2.19. The largest absolute Gasteiger partial charge is 0.315 e. The quantitative estimate of drug-likeness (QED) is 0.700. The molecule has 0 saturated carbocycles. The topological polar surface area (TPSA) is 24.9 Å². The van der Waals surface area contributed by atoms with Crippen LogP contribution in [0.1, 0.15) is 32.3 Å². The number of nitrogens with one attached hydrogen (secondary N) is 1. The van der Waals surface area contributed by atoms with E-state index in [-0.39, 0.29) is 0 Å². The molecule has 0 unspecified atom stereocenters. The van der Waals surface area contributed by atoms with Crippen molar-refractivity contribution in [1.82, 2.24) is 10.3 Å². The van der Waals surface area contributed by atoms with Gasteiger partial charge in [-0.05, 0) is 43.5 Å². The van der Waals surface area contributed by atoms with Gasteiger partial charge in [0.1, 0.15) is 0 Å². The van der Waals surface area contributed by atoms with E-state index in [1.165, 1.54) is 24.8 Å². The predicted octanol–water partition coefficient (Wildman–Crippen LogP) is 2.40. The van der Waals surface area contributed by atoms with Gasteiger partial charge in [-0.15, -0.1) is 0 Å². The molecule has 0 aliphatic carbocycles. The van der Waals surface area contributed by atoms with E-state index in [1.807, 2.05) is 12.4 Å². The molecule has 78 valence electrons. The first-order valence-corrected chi connectivity index (χ1v) is 5.41. The first kappa shape index (κ1) is 11.2. The van der Waals surface area contributed by atoms with Crippen LogP contribution in [0.25, 0.3) is 0 Å². The van der Waals surface area contributed by atoms with Gasteiger partial charge in [-0.1, -0.05) is 13.8 Å². The van der Waals surface area contributed by atoms with Crippen molar-refractivity contribution >= 4 is 0 Å². The number of aromatic nitrogens is 1. The number of aryl methyl sites for hydroxylation is 1. The van der Waals surface area contributed by atoms with Gasteiger partial charge in [-0.3, -0.25) is 4.98 Å². The van der Waals surface area contributed by atoms with Crippen LogP contribution in [0.4, 0.5) is 0 Å². The first-order chi connectivity index (χ1) is 6.79. The lowest BCUT2D eigenvalue weighted by atomic mass is 10.1. The zero-order valence-electron chi connectivity index (χ0n) is 9.16. The van der Waals surface area contributed by atoms with Crippen molar-refractivity contribution in [2.75, 3.05) is 6.54 Å². The van der Waals surface area contributed by atoms with Crippen molar-refractivity contribution in [1.29, 1.82) is 0 Å². The first-order valence-electron chi connectivity index (χ1n) is 5.41. The number of rotatable bonds is 6. The molecular weight excluding hydrogens is 172 g/mol. The molecule has 0 fully saturated rings. The Morgan fingerprint density at radius 3 is 2.57 bits per heavy atom. The Kier molecular flexibility index (Phi) is 5.23. The number of pyridine rings is 1. The Morgan fingerprint density at radius 2 is 1.93 bits per heavy atom. The standard InChI is InChI=1S/C12H20N2/c1-11(2)14-8-4-3-5-12-6-9-13-10-7-12/h6-7,9-11,14H,3-5,8H2,1-2H3. The number of hydrogen-bond acceptors (Lipinski definition) is 2. The molecule has 14 heavy (non-hydrogen) atoms. The smallest absolute Gasteiger partial charge is 0.0270 e. The van der Waals surface area contributed by atoms with Crippen LogP contribution in [0.15, 0.2) is 24.5 Å². The molecule has 0 spiro atoms. The summed E-state index contributed by atoms with van der Waals surface area (Å²) in [5, 5.41) is 3.42. The fourth-order valence-corrected chi connectivity index (χ4v) is 1.39. The highest BCUT2D eigenvalue weighted by Gasteiger charge is 1.94. The van der Waals surface area contributed by atoms with Crippen LogP contribution in [0.2, 0.25) is 0 Å². The fourth-order valence-electron chi connectivity index (χ4n) is 1.39. The van der Waals surface area contributed by atoms with E-state index >= 15 is 0 Å². The lowest BCUT2D eigenvalue weighted by Gasteiger charge is -2.07. The van der Waals surface area contributed by atoms with Gasteiger partial charge in [0.25, 0.3) is 0 Å². The van der Waals surface area contributed by atoms with E-state index in [1.54, 1.807) is 0 Å². The minimum Gasteiger partial charge on any atom is -0.315 e. The van der Waals surface area contributed by atoms with Crippen molar-refractivity contribution < 1.29 is 0 Å². The van der Waals surface area contributed by atoms with E-state index in [0.29, 0.717) is 6.04 Å². The molecule has 0 bridgehead atoms. The van der Waals surface area contributed by atoms with Crippen LogP contribution in [0.5, 0.6) is 0 Å². The maximum absolute atomic E-state index is 4.00. The van der Waals surface area contributed by atoms with Gasteiger partial charge in [0.15, 0.2) is 0 Å². The minimum absolute atomic E-state index is 0.607. The summed E-state index contributed by atoms with van der Waals surface area (Å²) in [6, 6.07) is 4.79. The Balaban J connectivity index is 2.05. The molecule has 0 aliphatic rings. The molecule has 0 saturated heterocycles. The second kappa shape index (κ2) is 6.55. The number of nitrogens with zero attached hydrogens (tertiary/aromatic N) is 1. The van der Waals surface area contributed by atoms with Crippen molar-refractivity contribution in [3.8, 4) is 0 Å². The molecule has 0 radical (unpaired) electrons. The van der Waals surface area contributed by atoms with Crippen LogP contribution in [-0.2, 0) is 6.42 Å². The van der Waals surface area contributed by atoms with Crippen LogP contribution < -0.4 is 5.32 Å². The SMILES string of the molecule is CC(C)NCCCCc1ccncc1. The molecule has 2 nitrogen and oxygen atoms in total. The highest BCUT2D eigenvalue weighted by molar-refractivity contribution is 5.09. The van der Waals surface area contributed by atoms with E-state index in [0.717, 1.165) is 6.54 Å². The monoisotopic (exact) mass is 192 g/mol. The van der Waals surface area contributed by atoms with Gasteiger partial charge in [0, 0.05) is 18.4 Å². The van der Waals surface area contributed by atoms with Gasteiger partial charge in [0.2, 0.25) is 0 Å². The van der Waals surface area contributed by atoms with Gasteiger partial charge < -0.3 is 5.32 Å². The summed E-state index contributed by atoms with van der Waals surface area (Å²) in [6.45, 7) is 5.49. The summed E-state index contributed by atoms with van der Waals surface area (Å²) in [5.74, 6) is 0. The number of hydrogen-bond donors (Lipinski definition) is 1. The van der Waals surface area contributed by atoms with Crippen molar-refractivity contribution in [2.45, 2.75) is 39.2 Å². The average molecular weight is 192 g/mol. The molecule has 1 heterocycles. The Hall–Kier alpha value is -0.890. The molecular formula is C12H20N2. The summed E-state index contributed by atoms with van der Waals surface area (Å²) < 4.78 is 0. The minimum atomic E-state index is 0.607. The third kappa shape index (κ3) is 4.97.